The number of hydrogen-bond donors (Lipinski definition) is 0. The van der Waals surface area contributed by atoms with E-state index in [1.807, 2.05) is 30.3 Å². The Hall–Kier alpha value is 0.180. The van der Waals surface area contributed by atoms with Gasteiger partial charge in [0.15, 0.2) is 0 Å². The summed E-state index contributed by atoms with van der Waals surface area (Å²) in [6, 6.07) is 9.97. The zero-order valence-electron chi connectivity index (χ0n) is 5.35. The van der Waals surface area contributed by atoms with Crippen molar-refractivity contribution in [3.63, 3.8) is 0 Å². The third-order valence-electron chi connectivity index (χ3n) is 1.20. The summed E-state index contributed by atoms with van der Waals surface area (Å²) in [5.74, 6) is 0. The molecule has 0 nitrogen and oxygen atoms in total. The molecule has 0 bridgehead atoms. The quantitative estimate of drug-likeness (QED) is 0.680. The average molecular weight is 263 g/mol. The zero-order chi connectivity index (χ0) is 7.61. The molecule has 10 heavy (non-hydrogen) atoms. The number of halogens is 2. The summed E-state index contributed by atoms with van der Waals surface area (Å²) in [6.07, 6.45) is 0. The van der Waals surface area contributed by atoms with E-state index in [-0.39, 0.29) is 3.23 Å². The number of alkyl halides is 2. The Labute approximate surface area is 77.9 Å². The highest BCUT2D eigenvalue weighted by atomic mass is 79.9. The van der Waals surface area contributed by atoms with Gasteiger partial charge in [-0.15, -0.1) is 0 Å². The monoisotopic (exact) mass is 261 g/mol. The minimum atomic E-state index is -0.332. The van der Waals surface area contributed by atoms with Gasteiger partial charge >= 0.3 is 0 Å². The summed E-state index contributed by atoms with van der Waals surface area (Å²) in [7, 11) is 0. The molecule has 0 heterocycles. The molecule has 0 aliphatic carbocycles. The molecule has 0 unspecified atom stereocenters. The van der Waals surface area contributed by atoms with Gasteiger partial charge in [0, 0.05) is 0 Å². The van der Waals surface area contributed by atoms with Crippen LogP contribution < -0.4 is 0 Å². The van der Waals surface area contributed by atoms with Gasteiger partial charge in [0.05, 0.1) is 0 Å². The van der Waals surface area contributed by atoms with E-state index in [1.165, 1.54) is 0 Å². The van der Waals surface area contributed by atoms with Crippen molar-refractivity contribution < 1.29 is 0 Å². The van der Waals surface area contributed by atoms with Crippen LogP contribution in [-0.2, 0) is 3.23 Å². The lowest BCUT2D eigenvalue weighted by Gasteiger charge is -2.13. The van der Waals surface area contributed by atoms with Crippen LogP contribution in [0.5, 0.6) is 0 Å². The number of rotatable bonds is 1. The summed E-state index contributed by atoms with van der Waals surface area (Å²) >= 11 is 6.78. The lowest BCUT2D eigenvalue weighted by Crippen LogP contribution is -2.00. The SMILES string of the molecule is [CH2]C(Br)(Br)c1ccccc1. The first-order valence-corrected chi connectivity index (χ1v) is 4.48. The van der Waals surface area contributed by atoms with Crippen molar-refractivity contribution in [1.82, 2.24) is 0 Å². The zero-order valence-corrected chi connectivity index (χ0v) is 8.52. The summed E-state index contributed by atoms with van der Waals surface area (Å²) in [5, 5.41) is 0. The number of benzene rings is 1. The highest BCUT2D eigenvalue weighted by Crippen LogP contribution is 2.36. The fourth-order valence-electron chi connectivity index (χ4n) is 0.682. The lowest BCUT2D eigenvalue weighted by molar-refractivity contribution is 1.19. The Kier molecular flexibility index (Phi) is 2.53. The van der Waals surface area contributed by atoms with Gasteiger partial charge < -0.3 is 0 Å². The maximum Gasteiger partial charge on any atom is 0.105 e. The second-order valence-corrected chi connectivity index (χ2v) is 5.84. The van der Waals surface area contributed by atoms with Crippen molar-refractivity contribution in [3.05, 3.63) is 42.8 Å². The van der Waals surface area contributed by atoms with Crippen LogP contribution in [0.15, 0.2) is 30.3 Å². The van der Waals surface area contributed by atoms with E-state index in [0.29, 0.717) is 0 Å². The van der Waals surface area contributed by atoms with Crippen LogP contribution in [0, 0.1) is 6.92 Å². The second kappa shape index (κ2) is 3.05. The maximum atomic E-state index is 3.87. The van der Waals surface area contributed by atoms with Crippen LogP contribution in [0.1, 0.15) is 5.56 Å². The minimum absolute atomic E-state index is 0.332. The molecule has 53 valence electrons. The van der Waals surface area contributed by atoms with Crippen LogP contribution in [0.3, 0.4) is 0 Å². The van der Waals surface area contributed by atoms with Gasteiger partial charge in [0.2, 0.25) is 0 Å². The molecule has 0 fully saturated rings. The average Bonchev–Trinajstić information content (AvgIpc) is 1.88. The summed E-state index contributed by atoms with van der Waals surface area (Å²) in [6.45, 7) is 3.87. The third-order valence-corrected chi connectivity index (χ3v) is 2.11. The van der Waals surface area contributed by atoms with Crippen molar-refractivity contribution in [3.8, 4) is 0 Å². The van der Waals surface area contributed by atoms with Gasteiger partial charge in [-0.3, -0.25) is 0 Å². The molecule has 0 aliphatic heterocycles. The normalized spacial score (nSPS) is 11.5. The summed E-state index contributed by atoms with van der Waals surface area (Å²) in [4.78, 5) is 0. The van der Waals surface area contributed by atoms with Gasteiger partial charge in [-0.1, -0.05) is 62.2 Å². The molecule has 0 saturated heterocycles. The number of hydrogen-bond acceptors (Lipinski definition) is 0. The molecule has 2 heteroatoms. The molecule has 1 aromatic rings. The van der Waals surface area contributed by atoms with E-state index < -0.39 is 0 Å². The highest BCUT2D eigenvalue weighted by molar-refractivity contribution is 9.24. The highest BCUT2D eigenvalue weighted by Gasteiger charge is 2.16. The van der Waals surface area contributed by atoms with Crippen LogP contribution in [0.4, 0.5) is 0 Å². The van der Waals surface area contributed by atoms with E-state index in [2.05, 4.69) is 38.8 Å². The largest absolute Gasteiger partial charge is 0.105 e. The molecule has 1 radical (unpaired) electrons. The summed E-state index contributed by atoms with van der Waals surface area (Å²) < 4.78 is -0.332. The molecule has 0 saturated carbocycles. The lowest BCUT2D eigenvalue weighted by atomic mass is 10.2. The molecule has 0 atom stereocenters. The van der Waals surface area contributed by atoms with Gasteiger partial charge in [0.1, 0.15) is 3.23 Å². The van der Waals surface area contributed by atoms with Crippen molar-refractivity contribution in [2.24, 2.45) is 0 Å². The van der Waals surface area contributed by atoms with Gasteiger partial charge in [-0.25, -0.2) is 0 Å². The first kappa shape index (κ1) is 8.28. The fourth-order valence-corrected chi connectivity index (χ4v) is 1.21. The molecule has 0 spiro atoms. The molecule has 1 rings (SSSR count). The molecule has 0 aromatic heterocycles. The predicted octanol–water partition coefficient (Wildman–Crippen LogP) is 3.46. The van der Waals surface area contributed by atoms with Crippen molar-refractivity contribution in [1.29, 1.82) is 0 Å². The second-order valence-electron chi connectivity index (χ2n) is 2.07. The van der Waals surface area contributed by atoms with E-state index in [0.717, 1.165) is 5.56 Å². The van der Waals surface area contributed by atoms with E-state index >= 15 is 0 Å². The topological polar surface area (TPSA) is 0 Å². The maximum absolute atomic E-state index is 3.87. The molecular formula is C8H7Br2. The molecule has 0 aliphatic rings. The Morgan fingerprint density at radius 1 is 1.10 bits per heavy atom. The van der Waals surface area contributed by atoms with Crippen molar-refractivity contribution in [2.75, 3.05) is 0 Å². The minimum Gasteiger partial charge on any atom is -0.0674 e. The first-order chi connectivity index (χ1) is 4.61. The molecule has 0 amide bonds. The van der Waals surface area contributed by atoms with Gasteiger partial charge in [-0.05, 0) is 12.5 Å². The Bertz CT molecular complexity index is 198. The Morgan fingerprint density at radius 2 is 1.60 bits per heavy atom. The fraction of sp³-hybridized carbons (Fsp3) is 0.125. The van der Waals surface area contributed by atoms with Crippen LogP contribution >= 0.6 is 31.9 Å². The van der Waals surface area contributed by atoms with Gasteiger partial charge in [-0.2, -0.15) is 0 Å². The smallest absolute Gasteiger partial charge is 0.0674 e. The Balaban J connectivity index is 2.97. The molecule has 1 aromatic carbocycles. The standard InChI is InChI=1S/C8H7Br2/c1-8(9,10)7-5-3-2-4-6-7/h2-6H,1H2. The van der Waals surface area contributed by atoms with Crippen LogP contribution in [0.2, 0.25) is 0 Å². The summed E-state index contributed by atoms with van der Waals surface area (Å²) in [5.41, 5.74) is 1.12. The van der Waals surface area contributed by atoms with Crippen molar-refractivity contribution in [2.45, 2.75) is 3.23 Å². The predicted molar refractivity (Wildman–Crippen MR) is 51.3 cm³/mol. The molecular weight excluding hydrogens is 256 g/mol. The van der Waals surface area contributed by atoms with Gasteiger partial charge in [0.25, 0.3) is 0 Å². The first-order valence-electron chi connectivity index (χ1n) is 2.89. The van der Waals surface area contributed by atoms with Crippen molar-refractivity contribution >= 4 is 31.9 Å². The van der Waals surface area contributed by atoms with E-state index in [9.17, 15) is 0 Å². The van der Waals surface area contributed by atoms with E-state index in [1.54, 1.807) is 0 Å². The van der Waals surface area contributed by atoms with Crippen LogP contribution in [-0.4, -0.2) is 0 Å². The van der Waals surface area contributed by atoms with Crippen LogP contribution in [0.25, 0.3) is 0 Å². The third kappa shape index (κ3) is 2.10. The Morgan fingerprint density at radius 3 is 1.90 bits per heavy atom. The molecule has 0 N–H and O–H groups in total. The van der Waals surface area contributed by atoms with E-state index in [4.69, 9.17) is 0 Å².